The first-order valence-corrected chi connectivity index (χ1v) is 3.72. The smallest absolute Gasteiger partial charge is 0.142 e. The maximum absolute atomic E-state index is 5.44. The second-order valence-electron chi connectivity index (χ2n) is 2.42. The van der Waals surface area contributed by atoms with Crippen LogP contribution in [0.15, 0.2) is 29.4 Å². The maximum Gasteiger partial charge on any atom is 0.142 e. The molecule has 3 nitrogen and oxygen atoms in total. The summed E-state index contributed by atoms with van der Waals surface area (Å²) in [6.07, 6.45) is 0. The summed E-state index contributed by atoms with van der Waals surface area (Å²) in [6.45, 7) is 4.25. The standard InChI is InChI=1S/C9H12N2O/c1-11-12-7-9-4-2-8(6-10)3-5-9/h2-5H,1,6-7,10H2. The Kier molecular flexibility index (Phi) is 3.29. The number of oxime groups is 1. The molecule has 0 aromatic heterocycles. The van der Waals surface area contributed by atoms with Crippen molar-refractivity contribution in [1.29, 1.82) is 0 Å². The van der Waals surface area contributed by atoms with Gasteiger partial charge in [0.25, 0.3) is 0 Å². The second kappa shape index (κ2) is 4.51. The van der Waals surface area contributed by atoms with Crippen molar-refractivity contribution in [2.24, 2.45) is 10.9 Å². The van der Waals surface area contributed by atoms with E-state index in [1.165, 1.54) is 0 Å². The fraction of sp³-hybridized carbons (Fsp3) is 0.222. The van der Waals surface area contributed by atoms with Gasteiger partial charge < -0.3 is 10.6 Å². The van der Waals surface area contributed by atoms with Gasteiger partial charge in [-0.25, -0.2) is 0 Å². The van der Waals surface area contributed by atoms with Crippen molar-refractivity contribution in [2.75, 3.05) is 0 Å². The molecular weight excluding hydrogens is 152 g/mol. The first kappa shape index (κ1) is 8.74. The Bertz CT molecular complexity index is 243. The summed E-state index contributed by atoms with van der Waals surface area (Å²) in [5.74, 6) is 0. The monoisotopic (exact) mass is 164 g/mol. The van der Waals surface area contributed by atoms with E-state index in [2.05, 4.69) is 11.9 Å². The van der Waals surface area contributed by atoms with Crippen molar-refractivity contribution in [3.05, 3.63) is 35.4 Å². The molecule has 1 rings (SSSR count). The van der Waals surface area contributed by atoms with E-state index in [4.69, 9.17) is 10.6 Å². The summed E-state index contributed by atoms with van der Waals surface area (Å²) < 4.78 is 0. The van der Waals surface area contributed by atoms with E-state index in [0.717, 1.165) is 11.1 Å². The SMILES string of the molecule is C=NOCc1ccc(CN)cc1. The Morgan fingerprint density at radius 3 is 2.33 bits per heavy atom. The van der Waals surface area contributed by atoms with Gasteiger partial charge in [0.2, 0.25) is 0 Å². The van der Waals surface area contributed by atoms with Gasteiger partial charge >= 0.3 is 0 Å². The zero-order valence-electron chi connectivity index (χ0n) is 6.86. The predicted octanol–water partition coefficient (Wildman–Crippen LogP) is 1.28. The fourth-order valence-corrected chi connectivity index (χ4v) is 0.892. The molecule has 0 aliphatic rings. The van der Waals surface area contributed by atoms with Crippen molar-refractivity contribution >= 4 is 6.72 Å². The van der Waals surface area contributed by atoms with Gasteiger partial charge in [0.05, 0.1) is 0 Å². The molecule has 1 aromatic carbocycles. The highest BCUT2D eigenvalue weighted by atomic mass is 16.6. The largest absolute Gasteiger partial charge is 0.391 e. The summed E-state index contributed by atoms with van der Waals surface area (Å²) in [7, 11) is 0. The Balaban J connectivity index is 2.58. The molecule has 0 heterocycles. The average Bonchev–Trinajstić information content (AvgIpc) is 2.15. The lowest BCUT2D eigenvalue weighted by Crippen LogP contribution is -1.96. The van der Waals surface area contributed by atoms with E-state index < -0.39 is 0 Å². The summed E-state index contributed by atoms with van der Waals surface area (Å²) in [4.78, 5) is 4.78. The zero-order valence-corrected chi connectivity index (χ0v) is 6.86. The van der Waals surface area contributed by atoms with Gasteiger partial charge in [0.15, 0.2) is 0 Å². The zero-order chi connectivity index (χ0) is 8.81. The van der Waals surface area contributed by atoms with Crippen LogP contribution in [0.5, 0.6) is 0 Å². The summed E-state index contributed by atoms with van der Waals surface area (Å²) in [5.41, 5.74) is 7.63. The highest BCUT2D eigenvalue weighted by molar-refractivity contribution is 5.22. The summed E-state index contributed by atoms with van der Waals surface area (Å²) in [5, 5.41) is 3.30. The number of benzene rings is 1. The van der Waals surface area contributed by atoms with Crippen LogP contribution in [0.4, 0.5) is 0 Å². The minimum atomic E-state index is 0.467. The third-order valence-electron chi connectivity index (χ3n) is 1.58. The predicted molar refractivity (Wildman–Crippen MR) is 48.7 cm³/mol. The molecule has 0 aliphatic carbocycles. The quantitative estimate of drug-likeness (QED) is 0.538. The minimum absolute atomic E-state index is 0.467. The molecule has 0 saturated heterocycles. The van der Waals surface area contributed by atoms with Crippen molar-refractivity contribution < 1.29 is 4.84 Å². The molecule has 0 radical (unpaired) electrons. The summed E-state index contributed by atoms with van der Waals surface area (Å²) >= 11 is 0. The Labute approximate surface area is 71.8 Å². The molecule has 0 spiro atoms. The molecule has 0 saturated carbocycles. The molecule has 64 valence electrons. The van der Waals surface area contributed by atoms with Crippen LogP contribution in [-0.2, 0) is 18.0 Å². The van der Waals surface area contributed by atoms with Crippen LogP contribution < -0.4 is 5.73 Å². The van der Waals surface area contributed by atoms with Crippen molar-refractivity contribution in [2.45, 2.75) is 13.2 Å². The molecule has 0 amide bonds. The van der Waals surface area contributed by atoms with Gasteiger partial charge in [-0.2, -0.15) is 0 Å². The topological polar surface area (TPSA) is 47.6 Å². The van der Waals surface area contributed by atoms with Gasteiger partial charge in [-0.15, -0.1) is 5.16 Å². The molecule has 2 N–H and O–H groups in total. The molecule has 0 unspecified atom stereocenters. The van der Waals surface area contributed by atoms with Crippen LogP contribution in [0.1, 0.15) is 11.1 Å². The van der Waals surface area contributed by atoms with Gasteiger partial charge in [0, 0.05) is 13.3 Å². The van der Waals surface area contributed by atoms with Gasteiger partial charge in [-0.1, -0.05) is 24.3 Å². The van der Waals surface area contributed by atoms with E-state index in [0.29, 0.717) is 13.2 Å². The molecule has 3 heteroatoms. The van der Waals surface area contributed by atoms with E-state index >= 15 is 0 Å². The Morgan fingerprint density at radius 1 is 1.25 bits per heavy atom. The number of hydrogen-bond donors (Lipinski definition) is 1. The van der Waals surface area contributed by atoms with Gasteiger partial charge in [-0.05, 0) is 11.1 Å². The molecule has 0 bridgehead atoms. The number of hydrogen-bond acceptors (Lipinski definition) is 3. The van der Waals surface area contributed by atoms with Crippen LogP contribution in [0.3, 0.4) is 0 Å². The van der Waals surface area contributed by atoms with Crippen molar-refractivity contribution in [1.82, 2.24) is 0 Å². The van der Waals surface area contributed by atoms with Crippen LogP contribution in [0, 0.1) is 0 Å². The van der Waals surface area contributed by atoms with E-state index in [9.17, 15) is 0 Å². The lowest BCUT2D eigenvalue weighted by Gasteiger charge is -2.00. The fourth-order valence-electron chi connectivity index (χ4n) is 0.892. The maximum atomic E-state index is 5.44. The lowest BCUT2D eigenvalue weighted by molar-refractivity contribution is 0.133. The van der Waals surface area contributed by atoms with Crippen molar-refractivity contribution in [3.8, 4) is 0 Å². The molecule has 1 aromatic rings. The Morgan fingerprint density at radius 2 is 1.83 bits per heavy atom. The minimum Gasteiger partial charge on any atom is -0.391 e. The van der Waals surface area contributed by atoms with Gasteiger partial charge in [-0.3, -0.25) is 0 Å². The molecular formula is C9H12N2O. The molecule has 12 heavy (non-hydrogen) atoms. The third-order valence-corrected chi connectivity index (χ3v) is 1.58. The first-order valence-electron chi connectivity index (χ1n) is 3.72. The number of nitrogens with zero attached hydrogens (tertiary/aromatic N) is 1. The molecule has 0 atom stereocenters. The lowest BCUT2D eigenvalue weighted by atomic mass is 10.1. The highest BCUT2D eigenvalue weighted by Gasteiger charge is 1.92. The third kappa shape index (κ3) is 2.36. The van der Waals surface area contributed by atoms with E-state index in [1.807, 2.05) is 24.3 Å². The normalized spacial score (nSPS) is 9.42. The van der Waals surface area contributed by atoms with E-state index in [1.54, 1.807) is 0 Å². The van der Waals surface area contributed by atoms with Crippen LogP contribution in [0.25, 0.3) is 0 Å². The van der Waals surface area contributed by atoms with E-state index in [-0.39, 0.29) is 0 Å². The second-order valence-corrected chi connectivity index (χ2v) is 2.42. The van der Waals surface area contributed by atoms with Crippen LogP contribution in [0.2, 0.25) is 0 Å². The van der Waals surface area contributed by atoms with Crippen LogP contribution in [-0.4, -0.2) is 6.72 Å². The average molecular weight is 164 g/mol. The first-order chi connectivity index (χ1) is 5.86. The van der Waals surface area contributed by atoms with Crippen LogP contribution >= 0.6 is 0 Å². The summed E-state index contributed by atoms with van der Waals surface area (Å²) in [6, 6.07) is 7.88. The number of nitrogens with two attached hydrogens (primary N) is 1. The highest BCUT2D eigenvalue weighted by Crippen LogP contribution is 2.04. The number of rotatable bonds is 4. The molecule has 0 fully saturated rings. The molecule has 0 aliphatic heterocycles. The van der Waals surface area contributed by atoms with Gasteiger partial charge in [0.1, 0.15) is 6.61 Å². The van der Waals surface area contributed by atoms with Crippen molar-refractivity contribution in [3.63, 3.8) is 0 Å². The Hall–Kier alpha value is -1.35.